The average molecular weight is 422 g/mol. The van der Waals surface area contributed by atoms with Crippen LogP contribution in [0.25, 0.3) is 5.65 Å². The second-order valence-corrected chi connectivity index (χ2v) is 8.03. The topological polar surface area (TPSA) is 118 Å². The van der Waals surface area contributed by atoms with Gasteiger partial charge in [-0.15, -0.1) is 0 Å². The number of pyridine rings is 1. The van der Waals surface area contributed by atoms with Gasteiger partial charge in [0, 0.05) is 24.3 Å². The summed E-state index contributed by atoms with van der Waals surface area (Å²) in [5.41, 5.74) is 2.29. The fraction of sp³-hybridized carbons (Fsp3) is 0.100. The van der Waals surface area contributed by atoms with Crippen molar-refractivity contribution < 1.29 is 13.2 Å². The number of nitrogens with one attached hydrogen (secondary N) is 2. The third kappa shape index (κ3) is 3.85. The first kappa shape index (κ1) is 19.5. The van der Waals surface area contributed by atoms with Crippen molar-refractivity contribution in [2.45, 2.75) is 18.2 Å². The number of rotatable bonds is 6. The fourth-order valence-electron chi connectivity index (χ4n) is 2.97. The minimum absolute atomic E-state index is 0.0189. The van der Waals surface area contributed by atoms with E-state index in [2.05, 4.69) is 25.0 Å². The molecule has 0 aliphatic heterocycles. The van der Waals surface area contributed by atoms with Crippen molar-refractivity contribution in [3.05, 3.63) is 78.5 Å². The SMILES string of the molecule is CCc1nc2ccccn2c1C(=O)Nc1ccc(S(=O)(=O)Nc2ncccn2)cc1. The van der Waals surface area contributed by atoms with Gasteiger partial charge in [-0.1, -0.05) is 13.0 Å². The van der Waals surface area contributed by atoms with Gasteiger partial charge in [-0.25, -0.2) is 28.1 Å². The third-order valence-electron chi connectivity index (χ3n) is 4.37. The maximum atomic E-state index is 12.9. The van der Waals surface area contributed by atoms with Gasteiger partial charge in [-0.05, 0) is 48.9 Å². The van der Waals surface area contributed by atoms with Crippen LogP contribution in [-0.4, -0.2) is 33.7 Å². The Hall–Kier alpha value is -3.79. The van der Waals surface area contributed by atoms with Crippen LogP contribution in [0.15, 0.2) is 72.0 Å². The van der Waals surface area contributed by atoms with Crippen LogP contribution in [0.5, 0.6) is 0 Å². The molecule has 0 unspecified atom stereocenters. The van der Waals surface area contributed by atoms with Gasteiger partial charge >= 0.3 is 0 Å². The smallest absolute Gasteiger partial charge is 0.274 e. The van der Waals surface area contributed by atoms with Crippen molar-refractivity contribution in [3.8, 4) is 0 Å². The first-order chi connectivity index (χ1) is 14.5. The summed E-state index contributed by atoms with van der Waals surface area (Å²) < 4.78 is 29.0. The van der Waals surface area contributed by atoms with Crippen LogP contribution < -0.4 is 10.0 Å². The van der Waals surface area contributed by atoms with Crippen LogP contribution in [0.3, 0.4) is 0 Å². The molecule has 2 N–H and O–H groups in total. The first-order valence-corrected chi connectivity index (χ1v) is 10.6. The second kappa shape index (κ2) is 7.91. The summed E-state index contributed by atoms with van der Waals surface area (Å²) in [6.45, 7) is 1.93. The van der Waals surface area contributed by atoms with E-state index in [1.165, 1.54) is 36.7 Å². The number of fused-ring (bicyclic) bond motifs is 1. The summed E-state index contributed by atoms with van der Waals surface area (Å²) in [4.78, 5) is 25.1. The number of anilines is 2. The van der Waals surface area contributed by atoms with Crippen LogP contribution >= 0.6 is 0 Å². The number of nitrogens with zero attached hydrogens (tertiary/aromatic N) is 4. The normalized spacial score (nSPS) is 11.4. The molecule has 10 heteroatoms. The molecule has 30 heavy (non-hydrogen) atoms. The summed E-state index contributed by atoms with van der Waals surface area (Å²) in [5, 5.41) is 2.80. The predicted octanol–water partition coefficient (Wildman–Crippen LogP) is 2.74. The Labute approximate surface area is 172 Å². The van der Waals surface area contributed by atoms with Gasteiger partial charge in [-0.2, -0.15) is 0 Å². The van der Waals surface area contributed by atoms with Crippen molar-refractivity contribution in [3.63, 3.8) is 0 Å². The maximum Gasteiger partial charge on any atom is 0.274 e. The summed E-state index contributed by atoms with van der Waals surface area (Å²) in [6.07, 6.45) is 5.26. The van der Waals surface area contributed by atoms with Crippen LogP contribution in [0.2, 0.25) is 0 Å². The molecule has 0 saturated carbocycles. The summed E-state index contributed by atoms with van der Waals surface area (Å²) in [5.74, 6) is -0.341. The molecule has 0 saturated heterocycles. The van der Waals surface area contributed by atoms with E-state index >= 15 is 0 Å². The van der Waals surface area contributed by atoms with Gasteiger partial charge in [0.15, 0.2) is 0 Å². The third-order valence-corrected chi connectivity index (χ3v) is 5.71. The molecule has 3 heterocycles. The largest absolute Gasteiger partial charge is 0.321 e. The second-order valence-electron chi connectivity index (χ2n) is 6.35. The molecule has 0 radical (unpaired) electrons. The van der Waals surface area contributed by atoms with Crippen molar-refractivity contribution >= 4 is 33.2 Å². The molecule has 4 aromatic rings. The van der Waals surface area contributed by atoms with Crippen molar-refractivity contribution in [1.82, 2.24) is 19.4 Å². The number of hydrogen-bond acceptors (Lipinski definition) is 6. The predicted molar refractivity (Wildman–Crippen MR) is 112 cm³/mol. The Bertz CT molecular complexity index is 1300. The molecule has 0 aliphatic rings. The lowest BCUT2D eigenvalue weighted by Crippen LogP contribution is -2.17. The Morgan fingerprint density at radius 1 is 1.03 bits per heavy atom. The van der Waals surface area contributed by atoms with E-state index < -0.39 is 10.0 Å². The molecule has 9 nitrogen and oxygen atoms in total. The lowest BCUT2D eigenvalue weighted by atomic mass is 10.2. The molecule has 0 bridgehead atoms. The van der Waals surface area contributed by atoms with Crippen LogP contribution in [0, 0.1) is 0 Å². The molecule has 4 rings (SSSR count). The van der Waals surface area contributed by atoms with Gasteiger partial charge < -0.3 is 5.32 Å². The average Bonchev–Trinajstić information content (AvgIpc) is 3.13. The number of carbonyl (C=O) groups is 1. The van der Waals surface area contributed by atoms with E-state index in [0.717, 1.165) is 0 Å². The number of aryl methyl sites for hydroxylation is 1. The van der Waals surface area contributed by atoms with Crippen LogP contribution in [0.1, 0.15) is 23.1 Å². The highest BCUT2D eigenvalue weighted by Crippen LogP contribution is 2.19. The number of benzene rings is 1. The fourth-order valence-corrected chi connectivity index (χ4v) is 3.93. The Balaban J connectivity index is 1.55. The minimum atomic E-state index is -3.84. The lowest BCUT2D eigenvalue weighted by molar-refractivity contribution is 0.102. The highest BCUT2D eigenvalue weighted by Gasteiger charge is 2.19. The van der Waals surface area contributed by atoms with E-state index in [-0.39, 0.29) is 16.8 Å². The number of imidazole rings is 1. The molecular weight excluding hydrogens is 404 g/mol. The Morgan fingerprint density at radius 2 is 1.77 bits per heavy atom. The Kier molecular flexibility index (Phi) is 5.15. The van der Waals surface area contributed by atoms with Crippen molar-refractivity contribution in [2.24, 2.45) is 0 Å². The molecule has 0 aliphatic carbocycles. The van der Waals surface area contributed by atoms with E-state index in [1.54, 1.807) is 16.7 Å². The Morgan fingerprint density at radius 3 is 2.47 bits per heavy atom. The van der Waals surface area contributed by atoms with Crippen molar-refractivity contribution in [2.75, 3.05) is 10.0 Å². The number of aromatic nitrogens is 4. The standard InChI is InChI=1S/C20H18N6O3S/c1-2-16-18(26-13-4-3-6-17(26)24-16)19(27)23-14-7-9-15(10-8-14)30(28,29)25-20-21-11-5-12-22-20/h3-13H,2H2,1H3,(H,23,27)(H,21,22,25). The van der Waals surface area contributed by atoms with Gasteiger partial charge in [0.25, 0.3) is 15.9 Å². The zero-order chi connectivity index (χ0) is 21.1. The minimum Gasteiger partial charge on any atom is -0.321 e. The molecule has 3 aromatic heterocycles. The molecule has 0 fully saturated rings. The monoisotopic (exact) mass is 422 g/mol. The summed E-state index contributed by atoms with van der Waals surface area (Å²) in [7, 11) is -3.84. The maximum absolute atomic E-state index is 12.9. The quantitative estimate of drug-likeness (QED) is 0.493. The number of carbonyl (C=O) groups excluding carboxylic acids is 1. The van der Waals surface area contributed by atoms with Gasteiger partial charge in [0.1, 0.15) is 11.3 Å². The molecule has 0 atom stereocenters. The van der Waals surface area contributed by atoms with E-state index in [9.17, 15) is 13.2 Å². The number of sulfonamides is 1. The summed E-state index contributed by atoms with van der Waals surface area (Å²) >= 11 is 0. The van der Waals surface area contributed by atoms with Crippen molar-refractivity contribution in [1.29, 1.82) is 0 Å². The molecule has 152 valence electrons. The van der Waals surface area contributed by atoms with Gasteiger partial charge in [0.05, 0.1) is 10.6 Å². The van der Waals surface area contributed by atoms with E-state index in [0.29, 0.717) is 29.1 Å². The molecule has 1 amide bonds. The van der Waals surface area contributed by atoms with Crippen LogP contribution in [0.4, 0.5) is 11.6 Å². The van der Waals surface area contributed by atoms with Crippen LogP contribution in [-0.2, 0) is 16.4 Å². The zero-order valence-corrected chi connectivity index (χ0v) is 16.8. The highest BCUT2D eigenvalue weighted by atomic mass is 32.2. The molecular formula is C20H18N6O3S. The molecule has 1 aromatic carbocycles. The highest BCUT2D eigenvalue weighted by molar-refractivity contribution is 7.92. The number of amides is 1. The first-order valence-electron chi connectivity index (χ1n) is 9.15. The zero-order valence-electron chi connectivity index (χ0n) is 16.0. The summed E-state index contributed by atoms with van der Waals surface area (Å²) in [6, 6.07) is 12.9. The lowest BCUT2D eigenvalue weighted by Gasteiger charge is -2.09. The van der Waals surface area contributed by atoms with E-state index in [4.69, 9.17) is 0 Å². The number of hydrogen-bond donors (Lipinski definition) is 2. The van der Waals surface area contributed by atoms with Gasteiger partial charge in [-0.3, -0.25) is 9.20 Å². The molecule has 0 spiro atoms. The van der Waals surface area contributed by atoms with Gasteiger partial charge in [0.2, 0.25) is 5.95 Å². The van der Waals surface area contributed by atoms with E-state index in [1.807, 2.05) is 25.1 Å².